The lowest BCUT2D eigenvalue weighted by molar-refractivity contribution is 0.103. The number of halogens is 1. The largest absolute Gasteiger partial charge is 0.497 e. The first-order valence-corrected chi connectivity index (χ1v) is 5.77. The Labute approximate surface area is 110 Å². The summed E-state index contributed by atoms with van der Waals surface area (Å²) in [7, 11) is 1.52. The summed E-state index contributed by atoms with van der Waals surface area (Å²) in [6.07, 6.45) is 0. The maximum Gasteiger partial charge on any atom is 0.195 e. The fraction of sp³-hybridized carbons (Fsp3) is 0.133. The molecular formula is C15H14FNO2. The van der Waals surface area contributed by atoms with Crippen LogP contribution in [0, 0.1) is 12.7 Å². The van der Waals surface area contributed by atoms with E-state index in [0.29, 0.717) is 28.1 Å². The summed E-state index contributed by atoms with van der Waals surface area (Å²) in [4.78, 5) is 12.4. The number of hydrogen-bond donors (Lipinski definition) is 1. The van der Waals surface area contributed by atoms with Crippen molar-refractivity contribution >= 4 is 11.5 Å². The Morgan fingerprint density at radius 2 is 1.89 bits per heavy atom. The first-order chi connectivity index (χ1) is 9.02. The average Bonchev–Trinajstić information content (AvgIpc) is 2.38. The summed E-state index contributed by atoms with van der Waals surface area (Å²) < 4.78 is 18.1. The van der Waals surface area contributed by atoms with E-state index in [0.717, 1.165) is 0 Å². The van der Waals surface area contributed by atoms with Crippen LogP contribution in [0.5, 0.6) is 5.75 Å². The molecule has 0 saturated heterocycles. The molecule has 0 heterocycles. The van der Waals surface area contributed by atoms with Crippen molar-refractivity contribution in [2.45, 2.75) is 6.92 Å². The molecule has 4 heteroatoms. The van der Waals surface area contributed by atoms with Gasteiger partial charge in [0.15, 0.2) is 5.78 Å². The highest BCUT2D eigenvalue weighted by Crippen LogP contribution is 2.24. The van der Waals surface area contributed by atoms with Gasteiger partial charge in [0, 0.05) is 16.8 Å². The maximum atomic E-state index is 13.1. The standard InChI is InChI=1S/C15H14FNO2/c1-9-7-10(16)3-5-12(9)15(18)13-8-11(19-2)4-6-14(13)17/h3-8H,17H2,1-2H3. The summed E-state index contributed by atoms with van der Waals surface area (Å²) in [6.45, 7) is 1.69. The zero-order valence-corrected chi connectivity index (χ0v) is 10.7. The lowest BCUT2D eigenvalue weighted by Crippen LogP contribution is -2.07. The van der Waals surface area contributed by atoms with Gasteiger partial charge in [0.1, 0.15) is 11.6 Å². The van der Waals surface area contributed by atoms with E-state index < -0.39 is 0 Å². The minimum absolute atomic E-state index is 0.242. The van der Waals surface area contributed by atoms with Crippen LogP contribution in [-0.4, -0.2) is 12.9 Å². The monoisotopic (exact) mass is 259 g/mol. The van der Waals surface area contributed by atoms with Gasteiger partial charge in [-0.2, -0.15) is 0 Å². The highest BCUT2D eigenvalue weighted by Gasteiger charge is 2.15. The molecule has 2 aromatic rings. The van der Waals surface area contributed by atoms with E-state index in [9.17, 15) is 9.18 Å². The smallest absolute Gasteiger partial charge is 0.195 e. The molecule has 2 N–H and O–H groups in total. The third-order valence-electron chi connectivity index (χ3n) is 2.94. The van der Waals surface area contributed by atoms with Crippen LogP contribution < -0.4 is 10.5 Å². The minimum Gasteiger partial charge on any atom is -0.497 e. The molecule has 0 saturated carbocycles. The second-order valence-electron chi connectivity index (χ2n) is 4.24. The number of ether oxygens (including phenoxy) is 1. The van der Waals surface area contributed by atoms with Crippen LogP contribution in [0.4, 0.5) is 10.1 Å². The number of carbonyl (C=O) groups excluding carboxylic acids is 1. The van der Waals surface area contributed by atoms with Crippen molar-refractivity contribution < 1.29 is 13.9 Å². The second kappa shape index (κ2) is 5.10. The predicted molar refractivity (Wildman–Crippen MR) is 72.0 cm³/mol. The molecular weight excluding hydrogens is 245 g/mol. The van der Waals surface area contributed by atoms with Crippen LogP contribution in [0.2, 0.25) is 0 Å². The molecule has 0 aliphatic carbocycles. The van der Waals surface area contributed by atoms with Crippen LogP contribution in [0.25, 0.3) is 0 Å². The van der Waals surface area contributed by atoms with Crippen LogP contribution in [0.15, 0.2) is 36.4 Å². The number of nitrogen functional groups attached to an aromatic ring is 1. The normalized spacial score (nSPS) is 10.3. The molecule has 0 unspecified atom stereocenters. The molecule has 19 heavy (non-hydrogen) atoms. The fourth-order valence-electron chi connectivity index (χ4n) is 1.89. The van der Waals surface area contributed by atoms with Crippen molar-refractivity contribution in [1.82, 2.24) is 0 Å². The molecule has 0 bridgehead atoms. The second-order valence-corrected chi connectivity index (χ2v) is 4.24. The molecule has 0 aromatic heterocycles. The molecule has 0 aliphatic heterocycles. The zero-order chi connectivity index (χ0) is 14.0. The van der Waals surface area contributed by atoms with E-state index in [1.807, 2.05) is 0 Å². The van der Waals surface area contributed by atoms with E-state index >= 15 is 0 Å². The minimum atomic E-state index is -0.368. The van der Waals surface area contributed by atoms with Crippen LogP contribution >= 0.6 is 0 Å². The van der Waals surface area contributed by atoms with Gasteiger partial charge in [-0.15, -0.1) is 0 Å². The number of ketones is 1. The number of methoxy groups -OCH3 is 1. The Hall–Kier alpha value is -2.36. The van der Waals surface area contributed by atoms with Gasteiger partial charge in [-0.1, -0.05) is 0 Å². The van der Waals surface area contributed by atoms with E-state index in [-0.39, 0.29) is 11.6 Å². The molecule has 0 spiro atoms. The van der Waals surface area contributed by atoms with E-state index in [4.69, 9.17) is 10.5 Å². The summed E-state index contributed by atoms with van der Waals surface area (Å²) in [6, 6.07) is 8.93. The van der Waals surface area contributed by atoms with Gasteiger partial charge >= 0.3 is 0 Å². The Morgan fingerprint density at radius 3 is 2.53 bits per heavy atom. The van der Waals surface area contributed by atoms with Gasteiger partial charge < -0.3 is 10.5 Å². The first-order valence-electron chi connectivity index (χ1n) is 5.77. The van der Waals surface area contributed by atoms with Crippen LogP contribution in [0.1, 0.15) is 21.5 Å². The number of benzene rings is 2. The zero-order valence-electron chi connectivity index (χ0n) is 10.7. The van der Waals surface area contributed by atoms with Crippen molar-refractivity contribution in [2.24, 2.45) is 0 Å². The quantitative estimate of drug-likeness (QED) is 0.681. The molecule has 2 aromatic carbocycles. The van der Waals surface area contributed by atoms with Crippen molar-refractivity contribution in [3.8, 4) is 5.75 Å². The van der Waals surface area contributed by atoms with Crippen LogP contribution in [-0.2, 0) is 0 Å². The van der Waals surface area contributed by atoms with Gasteiger partial charge in [-0.3, -0.25) is 4.79 Å². The summed E-state index contributed by atoms with van der Waals surface area (Å²) >= 11 is 0. The number of nitrogens with two attached hydrogens (primary N) is 1. The number of anilines is 1. The van der Waals surface area contributed by atoms with Crippen molar-refractivity contribution in [3.63, 3.8) is 0 Å². The highest BCUT2D eigenvalue weighted by atomic mass is 19.1. The van der Waals surface area contributed by atoms with E-state index in [2.05, 4.69) is 0 Å². The number of hydrogen-bond acceptors (Lipinski definition) is 3. The number of rotatable bonds is 3. The third kappa shape index (κ3) is 2.57. The number of aryl methyl sites for hydroxylation is 1. The number of carbonyl (C=O) groups is 1. The Bertz CT molecular complexity index is 638. The summed E-state index contributed by atoms with van der Waals surface area (Å²) in [5.41, 5.74) is 7.55. The van der Waals surface area contributed by atoms with Gasteiger partial charge in [-0.25, -0.2) is 4.39 Å². The van der Waals surface area contributed by atoms with Gasteiger partial charge in [0.2, 0.25) is 0 Å². The Morgan fingerprint density at radius 1 is 1.16 bits per heavy atom. The van der Waals surface area contributed by atoms with Crippen molar-refractivity contribution in [2.75, 3.05) is 12.8 Å². The van der Waals surface area contributed by atoms with Gasteiger partial charge in [-0.05, 0) is 48.9 Å². The SMILES string of the molecule is COc1ccc(N)c(C(=O)c2ccc(F)cc2C)c1. The van der Waals surface area contributed by atoms with E-state index in [1.165, 1.54) is 25.3 Å². The fourth-order valence-corrected chi connectivity index (χ4v) is 1.89. The van der Waals surface area contributed by atoms with Crippen molar-refractivity contribution in [3.05, 3.63) is 58.9 Å². The molecule has 3 nitrogen and oxygen atoms in total. The third-order valence-corrected chi connectivity index (χ3v) is 2.94. The Kier molecular flexibility index (Phi) is 3.51. The molecule has 2 rings (SSSR count). The lowest BCUT2D eigenvalue weighted by atomic mass is 9.98. The first kappa shape index (κ1) is 13.1. The molecule has 0 radical (unpaired) electrons. The average molecular weight is 259 g/mol. The van der Waals surface area contributed by atoms with Gasteiger partial charge in [0.05, 0.1) is 7.11 Å². The van der Waals surface area contributed by atoms with E-state index in [1.54, 1.807) is 25.1 Å². The molecule has 0 atom stereocenters. The summed E-state index contributed by atoms with van der Waals surface area (Å²) in [5.74, 6) is -0.0566. The molecule has 0 amide bonds. The molecule has 98 valence electrons. The summed E-state index contributed by atoms with van der Waals surface area (Å²) in [5, 5.41) is 0. The van der Waals surface area contributed by atoms with Crippen LogP contribution in [0.3, 0.4) is 0 Å². The molecule has 0 fully saturated rings. The Balaban J connectivity index is 2.49. The molecule has 0 aliphatic rings. The van der Waals surface area contributed by atoms with Gasteiger partial charge in [0.25, 0.3) is 0 Å². The topological polar surface area (TPSA) is 52.3 Å². The predicted octanol–water partition coefficient (Wildman–Crippen LogP) is 2.96. The lowest BCUT2D eigenvalue weighted by Gasteiger charge is -2.09. The van der Waals surface area contributed by atoms with Crippen molar-refractivity contribution in [1.29, 1.82) is 0 Å². The highest BCUT2D eigenvalue weighted by molar-refractivity contribution is 6.13. The maximum absolute atomic E-state index is 13.1.